The molecule has 2 heterocycles. The van der Waals surface area contributed by atoms with Crippen molar-refractivity contribution in [1.82, 2.24) is 0 Å². The maximum absolute atomic E-state index is 11.8. The van der Waals surface area contributed by atoms with Crippen LogP contribution in [0.15, 0.2) is 46.4 Å². The fourth-order valence-corrected chi connectivity index (χ4v) is 2.62. The smallest absolute Gasteiger partial charge is 0.363 e. The first-order chi connectivity index (χ1) is 10.2. The molecule has 22 heavy (non-hydrogen) atoms. The molecule has 8 heteroatoms. The molecule has 0 aliphatic carbocycles. The number of nitrogens with two attached hydrogens (primary N) is 1. The van der Waals surface area contributed by atoms with Crippen LogP contribution in [0.2, 0.25) is 5.02 Å². The largest absolute Gasteiger partial charge is 0.630 e. The van der Waals surface area contributed by atoms with Crippen molar-refractivity contribution in [3.05, 3.63) is 62.1 Å². The number of aliphatic imine (C=N–C) groups is 1. The molecule has 0 saturated heterocycles. The van der Waals surface area contributed by atoms with Crippen LogP contribution in [0.3, 0.4) is 0 Å². The summed E-state index contributed by atoms with van der Waals surface area (Å²) in [5, 5.41) is 13.1. The van der Waals surface area contributed by atoms with E-state index in [-0.39, 0.29) is 17.1 Å². The van der Waals surface area contributed by atoms with Crippen molar-refractivity contribution in [2.45, 2.75) is 0 Å². The summed E-state index contributed by atoms with van der Waals surface area (Å²) in [6.45, 7) is 0. The number of rotatable bonds is 3. The molecule has 1 aliphatic heterocycles. The monoisotopic (exact) mass is 338 g/mol. The van der Waals surface area contributed by atoms with Crippen molar-refractivity contribution in [2.24, 2.45) is 4.99 Å². The Morgan fingerprint density at radius 1 is 1.36 bits per heavy atom. The number of thiophene rings is 1. The third-order valence-corrected chi connectivity index (χ3v) is 3.98. The van der Waals surface area contributed by atoms with Crippen molar-refractivity contribution in [3.8, 4) is 0 Å². The second-order valence-corrected chi connectivity index (χ2v) is 5.59. The van der Waals surface area contributed by atoms with E-state index in [2.05, 4.69) is 4.99 Å². The lowest BCUT2D eigenvalue weighted by Gasteiger charge is -2.06. The molecule has 0 atom stereocenters. The van der Waals surface area contributed by atoms with Crippen LogP contribution in [0.1, 0.15) is 10.4 Å². The topological polar surface area (TPSA) is 110 Å². The van der Waals surface area contributed by atoms with E-state index in [1.807, 2.05) is 17.5 Å². The summed E-state index contributed by atoms with van der Waals surface area (Å²) in [7, 11) is 0. The minimum atomic E-state index is -0.513. The molecule has 2 aromatic rings. The standard InChI is InChI=1S/C14H9ClN2O3S.H2O/c15-10-4-3-8(6-11(10)17-19)13-16-12(14(18)20-13)7-9-2-1-5-21-9;/h1-7H,17H2;1H2. The van der Waals surface area contributed by atoms with E-state index >= 15 is 0 Å². The molecule has 1 aliphatic rings. The molecular formula is C14H11ClN2O4S. The molecule has 6 nitrogen and oxygen atoms in total. The van der Waals surface area contributed by atoms with Crippen LogP contribution < -0.4 is 5.48 Å². The molecule has 4 N–H and O–H groups in total. The summed E-state index contributed by atoms with van der Waals surface area (Å²) in [5.41, 5.74) is 1.73. The van der Waals surface area contributed by atoms with E-state index in [1.54, 1.807) is 18.2 Å². The van der Waals surface area contributed by atoms with Gasteiger partial charge in [-0.15, -0.1) is 11.3 Å². The number of esters is 1. The highest BCUT2D eigenvalue weighted by molar-refractivity contribution is 7.10. The van der Waals surface area contributed by atoms with Gasteiger partial charge in [-0.25, -0.2) is 9.79 Å². The third-order valence-electron chi connectivity index (χ3n) is 2.81. The fraction of sp³-hybridized carbons (Fsp3) is 0. The number of quaternary nitrogens is 1. The zero-order valence-electron chi connectivity index (χ0n) is 11.1. The van der Waals surface area contributed by atoms with Crippen LogP contribution in [0.5, 0.6) is 0 Å². The van der Waals surface area contributed by atoms with E-state index in [4.69, 9.17) is 16.3 Å². The van der Waals surface area contributed by atoms with Gasteiger partial charge in [0, 0.05) is 16.5 Å². The lowest BCUT2D eigenvalue weighted by Crippen LogP contribution is -2.70. The second-order valence-electron chi connectivity index (χ2n) is 4.21. The molecule has 1 aromatic carbocycles. The normalized spacial score (nSPS) is 15.5. The Bertz CT molecular complexity index is 756. The number of cyclic esters (lactones) is 1. The average molecular weight is 339 g/mol. The number of hydrogen-bond donors (Lipinski definition) is 1. The Hall–Kier alpha value is -2.03. The van der Waals surface area contributed by atoms with Crippen LogP contribution in [0.25, 0.3) is 6.08 Å². The van der Waals surface area contributed by atoms with Crippen molar-refractivity contribution in [2.75, 3.05) is 0 Å². The summed E-state index contributed by atoms with van der Waals surface area (Å²) in [5.74, 6) is -0.344. The van der Waals surface area contributed by atoms with E-state index in [0.29, 0.717) is 21.8 Å². The Kier molecular flexibility index (Phi) is 5.07. The Labute approximate surface area is 134 Å². The van der Waals surface area contributed by atoms with E-state index < -0.39 is 5.97 Å². The summed E-state index contributed by atoms with van der Waals surface area (Å²) in [4.78, 5) is 16.9. The summed E-state index contributed by atoms with van der Waals surface area (Å²) >= 11 is 7.37. The lowest BCUT2D eigenvalue weighted by atomic mass is 10.2. The first-order valence-corrected chi connectivity index (χ1v) is 7.24. The number of carbonyl (C=O) groups is 1. The SMILES string of the molecule is O.O=C1OC(c2ccc(Cl)c([NH2+][O-])c2)=NC1=Cc1cccs1. The lowest BCUT2D eigenvalue weighted by molar-refractivity contribution is -0.497. The Morgan fingerprint density at radius 2 is 2.18 bits per heavy atom. The fourth-order valence-electron chi connectivity index (χ4n) is 1.81. The number of carbonyl (C=O) groups excluding carboxylic acids is 1. The first kappa shape index (κ1) is 16.3. The molecule has 0 fully saturated rings. The third kappa shape index (κ3) is 3.24. The van der Waals surface area contributed by atoms with Crippen LogP contribution >= 0.6 is 22.9 Å². The zero-order chi connectivity index (χ0) is 14.8. The minimum Gasteiger partial charge on any atom is -0.630 e. The second kappa shape index (κ2) is 6.82. The Morgan fingerprint density at radius 3 is 2.86 bits per heavy atom. The van der Waals surface area contributed by atoms with Crippen molar-refractivity contribution < 1.29 is 20.5 Å². The van der Waals surface area contributed by atoms with Gasteiger partial charge in [-0.1, -0.05) is 17.7 Å². The predicted octanol–water partition coefficient (Wildman–Crippen LogP) is 1.61. The Balaban J connectivity index is 0.00000176. The number of hydrogen-bond acceptors (Lipinski definition) is 5. The van der Waals surface area contributed by atoms with Gasteiger partial charge in [-0.2, -0.15) is 0 Å². The molecule has 0 radical (unpaired) electrons. The van der Waals surface area contributed by atoms with E-state index in [0.717, 1.165) is 4.88 Å². The zero-order valence-corrected chi connectivity index (χ0v) is 12.6. The molecule has 114 valence electrons. The number of halogens is 1. The molecule has 1 aromatic heterocycles. The number of benzene rings is 1. The molecular weight excluding hydrogens is 328 g/mol. The molecule has 0 amide bonds. The highest BCUT2D eigenvalue weighted by Crippen LogP contribution is 2.24. The van der Waals surface area contributed by atoms with Crippen molar-refractivity contribution >= 4 is 46.6 Å². The van der Waals surface area contributed by atoms with Gasteiger partial charge < -0.3 is 20.9 Å². The van der Waals surface area contributed by atoms with Gasteiger partial charge in [0.25, 0.3) is 0 Å². The van der Waals surface area contributed by atoms with Crippen LogP contribution in [0, 0.1) is 5.21 Å². The van der Waals surface area contributed by atoms with Crippen LogP contribution in [0.4, 0.5) is 5.69 Å². The van der Waals surface area contributed by atoms with Crippen molar-refractivity contribution in [1.29, 1.82) is 0 Å². The van der Waals surface area contributed by atoms with E-state index in [1.165, 1.54) is 17.4 Å². The molecule has 0 unspecified atom stereocenters. The summed E-state index contributed by atoms with van der Waals surface area (Å²) < 4.78 is 5.14. The first-order valence-electron chi connectivity index (χ1n) is 5.98. The predicted molar refractivity (Wildman–Crippen MR) is 84.9 cm³/mol. The minimum absolute atomic E-state index is 0. The average Bonchev–Trinajstić information content (AvgIpc) is 3.11. The van der Waals surface area contributed by atoms with Crippen LogP contribution in [-0.4, -0.2) is 17.3 Å². The quantitative estimate of drug-likeness (QED) is 0.397. The van der Waals surface area contributed by atoms with Gasteiger partial charge in [0.2, 0.25) is 5.90 Å². The highest BCUT2D eigenvalue weighted by Gasteiger charge is 2.25. The molecule has 3 rings (SSSR count). The maximum Gasteiger partial charge on any atom is 0.363 e. The van der Waals surface area contributed by atoms with Gasteiger partial charge in [0.15, 0.2) is 5.70 Å². The van der Waals surface area contributed by atoms with E-state index in [9.17, 15) is 10.0 Å². The van der Waals surface area contributed by atoms with Crippen molar-refractivity contribution in [3.63, 3.8) is 0 Å². The van der Waals surface area contributed by atoms with Gasteiger partial charge in [-0.3, -0.25) is 0 Å². The molecule has 0 bridgehead atoms. The number of ether oxygens (including phenoxy) is 1. The van der Waals surface area contributed by atoms with Gasteiger partial charge in [-0.05, 0) is 29.7 Å². The van der Waals surface area contributed by atoms with Gasteiger partial charge >= 0.3 is 5.97 Å². The van der Waals surface area contributed by atoms with Crippen LogP contribution in [-0.2, 0) is 9.53 Å². The molecule has 0 saturated carbocycles. The van der Waals surface area contributed by atoms with Gasteiger partial charge in [0.05, 0.1) is 0 Å². The molecule has 0 spiro atoms. The number of nitrogens with zero attached hydrogens (tertiary/aromatic N) is 1. The van der Waals surface area contributed by atoms with Gasteiger partial charge in [0.1, 0.15) is 10.7 Å². The maximum atomic E-state index is 11.8. The summed E-state index contributed by atoms with van der Waals surface area (Å²) in [6.07, 6.45) is 1.66. The summed E-state index contributed by atoms with van der Waals surface area (Å²) in [6, 6.07) is 8.52. The highest BCUT2D eigenvalue weighted by atomic mass is 35.5.